The normalized spacial score (nSPS) is 16.8. The maximum Gasteiger partial charge on any atom is 0.413 e. The van der Waals surface area contributed by atoms with Gasteiger partial charge in [-0.1, -0.05) is 72.8 Å². The molecular weight excluding hydrogens is 335 g/mol. The van der Waals surface area contributed by atoms with Crippen LogP contribution in [0.15, 0.2) is 84.9 Å². The van der Waals surface area contributed by atoms with Crippen molar-refractivity contribution in [2.24, 2.45) is 0 Å². The molecule has 0 saturated carbocycles. The molecule has 0 fully saturated rings. The average molecular weight is 351 g/mol. The minimum absolute atomic E-state index is 0.267. The van der Waals surface area contributed by atoms with E-state index in [9.17, 15) is 13.2 Å². The van der Waals surface area contributed by atoms with Gasteiger partial charge in [-0.2, -0.15) is 13.2 Å². The minimum atomic E-state index is -4.42. The summed E-state index contributed by atoms with van der Waals surface area (Å²) in [6, 6.07) is 22.9. The zero-order valence-electron chi connectivity index (χ0n) is 13.8. The third-order valence-electron chi connectivity index (χ3n) is 4.51. The van der Waals surface area contributed by atoms with Crippen molar-refractivity contribution < 1.29 is 13.2 Å². The predicted molar refractivity (Wildman–Crippen MR) is 98.5 cm³/mol. The van der Waals surface area contributed by atoms with Crippen LogP contribution < -0.4 is 4.90 Å². The number of hydrogen-bond acceptors (Lipinski definition) is 1. The van der Waals surface area contributed by atoms with Gasteiger partial charge in [0.1, 0.15) is 0 Å². The van der Waals surface area contributed by atoms with Crippen molar-refractivity contribution in [3.63, 3.8) is 0 Å². The molecule has 0 aromatic heterocycles. The van der Waals surface area contributed by atoms with Crippen molar-refractivity contribution in [3.8, 4) is 0 Å². The van der Waals surface area contributed by atoms with E-state index in [0.29, 0.717) is 16.9 Å². The van der Waals surface area contributed by atoms with E-state index in [0.717, 1.165) is 5.56 Å². The standard InChI is InChI=1S/C22H16F3N/c23-22(24,25)21-19-14-8-7-11-17(19)15-20(16-9-3-1-4-10-16)26(21)18-12-5-2-6-13-18/h1-15,21H. The fraction of sp³-hybridized carbons (Fsp3) is 0.0909. The summed E-state index contributed by atoms with van der Waals surface area (Å²) in [6.07, 6.45) is -2.58. The van der Waals surface area contributed by atoms with Crippen molar-refractivity contribution in [1.29, 1.82) is 0 Å². The second-order valence-corrected chi connectivity index (χ2v) is 6.17. The number of rotatable bonds is 2. The predicted octanol–water partition coefficient (Wildman–Crippen LogP) is 6.31. The molecule has 4 rings (SSSR count). The summed E-state index contributed by atoms with van der Waals surface area (Å²) in [4.78, 5) is 1.39. The highest BCUT2D eigenvalue weighted by atomic mass is 19.4. The van der Waals surface area contributed by atoms with Gasteiger partial charge in [0.2, 0.25) is 0 Å². The van der Waals surface area contributed by atoms with Crippen LogP contribution >= 0.6 is 0 Å². The van der Waals surface area contributed by atoms with E-state index >= 15 is 0 Å². The molecule has 0 bridgehead atoms. The van der Waals surface area contributed by atoms with E-state index in [2.05, 4.69) is 0 Å². The van der Waals surface area contributed by atoms with Gasteiger partial charge in [0.25, 0.3) is 0 Å². The fourth-order valence-electron chi connectivity index (χ4n) is 3.42. The van der Waals surface area contributed by atoms with Crippen LogP contribution in [0.1, 0.15) is 22.7 Å². The zero-order valence-corrected chi connectivity index (χ0v) is 13.8. The number of fused-ring (bicyclic) bond motifs is 1. The SMILES string of the molecule is FC(F)(F)C1c2ccccc2C=C(c2ccccc2)N1c1ccccc1. The second kappa shape index (κ2) is 6.37. The number of benzene rings is 3. The minimum Gasteiger partial charge on any atom is -0.324 e. The molecule has 3 aromatic carbocycles. The molecule has 3 aromatic rings. The lowest BCUT2D eigenvalue weighted by molar-refractivity contribution is -0.148. The summed E-state index contributed by atoms with van der Waals surface area (Å²) < 4.78 is 42.5. The van der Waals surface area contributed by atoms with Gasteiger partial charge < -0.3 is 4.90 Å². The molecule has 130 valence electrons. The summed E-state index contributed by atoms with van der Waals surface area (Å²) in [7, 11) is 0. The quantitative estimate of drug-likeness (QED) is 0.523. The Hall–Kier alpha value is -3.01. The van der Waals surface area contributed by atoms with Gasteiger partial charge in [-0.25, -0.2) is 0 Å². The summed E-state index contributed by atoms with van der Waals surface area (Å²) in [5.41, 5.74) is 2.67. The molecular formula is C22H16F3N. The summed E-state index contributed by atoms with van der Waals surface area (Å²) >= 11 is 0. The summed E-state index contributed by atoms with van der Waals surface area (Å²) in [6.45, 7) is 0. The van der Waals surface area contributed by atoms with Crippen LogP contribution in [0.2, 0.25) is 0 Å². The highest BCUT2D eigenvalue weighted by Crippen LogP contribution is 2.48. The largest absolute Gasteiger partial charge is 0.413 e. The monoisotopic (exact) mass is 351 g/mol. The van der Waals surface area contributed by atoms with Gasteiger partial charge in [-0.15, -0.1) is 0 Å². The molecule has 0 aliphatic carbocycles. The van der Waals surface area contributed by atoms with Crippen molar-refractivity contribution >= 4 is 17.5 Å². The lowest BCUT2D eigenvalue weighted by Crippen LogP contribution is -2.39. The Morgan fingerprint density at radius 1 is 0.692 bits per heavy atom. The average Bonchev–Trinajstić information content (AvgIpc) is 2.67. The van der Waals surface area contributed by atoms with Crippen molar-refractivity contribution in [2.75, 3.05) is 4.90 Å². The molecule has 0 N–H and O–H groups in total. The summed E-state index contributed by atoms with van der Waals surface area (Å²) in [5.74, 6) is 0. The first-order valence-electron chi connectivity index (χ1n) is 8.33. The van der Waals surface area contributed by atoms with Gasteiger partial charge in [-0.05, 0) is 34.9 Å². The van der Waals surface area contributed by atoms with Crippen LogP contribution in [0.3, 0.4) is 0 Å². The number of hydrogen-bond donors (Lipinski definition) is 0. The van der Waals surface area contributed by atoms with Gasteiger partial charge in [-0.3, -0.25) is 0 Å². The molecule has 1 unspecified atom stereocenters. The van der Waals surface area contributed by atoms with Gasteiger partial charge in [0, 0.05) is 11.4 Å². The Morgan fingerprint density at radius 2 is 1.27 bits per heavy atom. The van der Waals surface area contributed by atoms with E-state index < -0.39 is 12.2 Å². The highest BCUT2D eigenvalue weighted by molar-refractivity contribution is 5.93. The lowest BCUT2D eigenvalue weighted by Gasteiger charge is -2.40. The smallest absolute Gasteiger partial charge is 0.324 e. The van der Waals surface area contributed by atoms with Crippen LogP contribution in [0.25, 0.3) is 11.8 Å². The molecule has 0 saturated heterocycles. The molecule has 0 amide bonds. The number of para-hydroxylation sites is 1. The molecule has 0 spiro atoms. The molecule has 26 heavy (non-hydrogen) atoms. The Bertz CT molecular complexity index is 930. The van der Waals surface area contributed by atoms with E-state index in [1.54, 1.807) is 54.6 Å². The van der Waals surface area contributed by atoms with Crippen molar-refractivity contribution in [1.82, 2.24) is 0 Å². The molecule has 1 heterocycles. The van der Waals surface area contributed by atoms with Gasteiger partial charge in [0.15, 0.2) is 6.04 Å². The van der Waals surface area contributed by atoms with E-state index in [-0.39, 0.29) is 5.56 Å². The fourth-order valence-corrected chi connectivity index (χ4v) is 3.42. The Labute approximate surface area is 150 Å². The molecule has 1 atom stereocenters. The van der Waals surface area contributed by atoms with Crippen LogP contribution in [0.5, 0.6) is 0 Å². The van der Waals surface area contributed by atoms with Crippen molar-refractivity contribution in [3.05, 3.63) is 102 Å². The van der Waals surface area contributed by atoms with Crippen LogP contribution in [-0.2, 0) is 0 Å². The summed E-state index contributed by atoms with van der Waals surface area (Å²) in [5, 5.41) is 0. The van der Waals surface area contributed by atoms with E-state index in [1.807, 2.05) is 36.4 Å². The lowest BCUT2D eigenvalue weighted by atomic mass is 9.90. The molecule has 1 aliphatic heterocycles. The third-order valence-corrected chi connectivity index (χ3v) is 4.51. The number of alkyl halides is 3. The first kappa shape index (κ1) is 16.5. The molecule has 1 aliphatic rings. The first-order valence-corrected chi connectivity index (χ1v) is 8.33. The molecule has 0 radical (unpaired) electrons. The topological polar surface area (TPSA) is 3.24 Å². The number of halogens is 3. The Morgan fingerprint density at radius 3 is 1.92 bits per heavy atom. The third kappa shape index (κ3) is 2.88. The molecule has 1 nitrogen and oxygen atoms in total. The number of nitrogens with zero attached hydrogens (tertiary/aromatic N) is 1. The maximum atomic E-state index is 14.2. The van der Waals surface area contributed by atoms with E-state index in [4.69, 9.17) is 0 Å². The Balaban J connectivity index is 2.00. The van der Waals surface area contributed by atoms with Crippen LogP contribution in [0, 0.1) is 0 Å². The first-order chi connectivity index (χ1) is 12.6. The molecule has 4 heteroatoms. The van der Waals surface area contributed by atoms with Crippen molar-refractivity contribution in [2.45, 2.75) is 12.2 Å². The van der Waals surface area contributed by atoms with E-state index in [1.165, 1.54) is 4.90 Å². The second-order valence-electron chi connectivity index (χ2n) is 6.17. The maximum absolute atomic E-state index is 14.2. The van der Waals surface area contributed by atoms with Crippen LogP contribution in [-0.4, -0.2) is 6.18 Å². The van der Waals surface area contributed by atoms with Crippen LogP contribution in [0.4, 0.5) is 18.9 Å². The Kier molecular flexibility index (Phi) is 4.03. The van der Waals surface area contributed by atoms with Gasteiger partial charge >= 0.3 is 6.18 Å². The van der Waals surface area contributed by atoms with Gasteiger partial charge in [0.05, 0.1) is 0 Å². The number of anilines is 1. The zero-order chi connectivity index (χ0) is 18.1. The highest BCUT2D eigenvalue weighted by Gasteiger charge is 2.48.